The van der Waals surface area contributed by atoms with Crippen molar-refractivity contribution in [3.05, 3.63) is 18.2 Å². The van der Waals surface area contributed by atoms with Crippen LogP contribution in [0.2, 0.25) is 0 Å². The van der Waals surface area contributed by atoms with Crippen LogP contribution in [0.25, 0.3) is 0 Å². The summed E-state index contributed by atoms with van der Waals surface area (Å²) in [6.07, 6.45) is 3.86. The van der Waals surface area contributed by atoms with Gasteiger partial charge in [0.15, 0.2) is 0 Å². The molecule has 1 fully saturated rings. The summed E-state index contributed by atoms with van der Waals surface area (Å²) in [5.41, 5.74) is -1.82. The largest absolute Gasteiger partial charge is 0.444 e. The zero-order valence-electron chi connectivity index (χ0n) is 14.5. The molecule has 0 spiro atoms. The number of ether oxygens (including phenoxy) is 1. The number of carbonyl (C=O) groups is 2. The third-order valence-electron chi connectivity index (χ3n) is 3.70. The molecule has 0 aromatic carbocycles. The summed E-state index contributed by atoms with van der Waals surface area (Å²) in [5, 5.41) is 13.4. The molecule has 1 saturated heterocycles. The number of likely N-dealkylation sites (tertiary alicyclic amines) is 1. The van der Waals surface area contributed by atoms with E-state index >= 15 is 0 Å². The normalized spacial score (nSPS) is 21.4. The van der Waals surface area contributed by atoms with Gasteiger partial charge in [-0.05, 0) is 33.6 Å². The summed E-state index contributed by atoms with van der Waals surface area (Å²) >= 11 is 0. The predicted octanol–water partition coefficient (Wildman–Crippen LogP) is 1.18. The van der Waals surface area contributed by atoms with Crippen LogP contribution in [0.3, 0.4) is 0 Å². The molecule has 2 amide bonds. The first-order valence-electron chi connectivity index (χ1n) is 8.12. The molecular formula is C16H26N4O4. The van der Waals surface area contributed by atoms with E-state index in [4.69, 9.17) is 4.74 Å². The molecule has 3 N–H and O–H groups in total. The van der Waals surface area contributed by atoms with Crippen LogP contribution in [-0.4, -0.2) is 56.3 Å². The standard InChI is InChI=1S/C16H26N4O4/c1-15(2,3)24-14(22)20-8-4-5-16(23,11-20)9-13(21)19-10-12-17-6-7-18-12/h6-7,23H,4-5,8-11H2,1-3H3,(H,17,18)(H,19,21)/t16-/m1/s1. The van der Waals surface area contributed by atoms with Crippen LogP contribution in [0.15, 0.2) is 12.4 Å². The molecule has 2 rings (SSSR count). The number of aromatic amines is 1. The van der Waals surface area contributed by atoms with Crippen molar-refractivity contribution in [2.75, 3.05) is 13.1 Å². The number of nitrogens with one attached hydrogen (secondary N) is 2. The summed E-state index contributed by atoms with van der Waals surface area (Å²) in [6.45, 7) is 6.27. The van der Waals surface area contributed by atoms with Gasteiger partial charge in [0.05, 0.1) is 25.1 Å². The first-order chi connectivity index (χ1) is 11.2. The van der Waals surface area contributed by atoms with Gasteiger partial charge in [-0.3, -0.25) is 4.79 Å². The molecule has 0 unspecified atom stereocenters. The monoisotopic (exact) mass is 338 g/mol. The Kier molecular flexibility index (Phi) is 5.48. The average Bonchev–Trinajstić information content (AvgIpc) is 2.96. The highest BCUT2D eigenvalue weighted by Crippen LogP contribution is 2.25. The van der Waals surface area contributed by atoms with Gasteiger partial charge in [-0.2, -0.15) is 0 Å². The summed E-state index contributed by atoms with van der Waals surface area (Å²) < 4.78 is 5.33. The van der Waals surface area contributed by atoms with Crippen molar-refractivity contribution in [2.45, 2.75) is 57.8 Å². The highest BCUT2D eigenvalue weighted by atomic mass is 16.6. The SMILES string of the molecule is CC(C)(C)OC(=O)N1CCC[C@@](O)(CC(=O)NCc2ncc[nH]2)C1. The van der Waals surface area contributed by atoms with Crippen LogP contribution < -0.4 is 5.32 Å². The van der Waals surface area contributed by atoms with Gasteiger partial charge < -0.3 is 25.0 Å². The molecule has 1 aliphatic heterocycles. The lowest BCUT2D eigenvalue weighted by molar-refractivity contribution is -0.129. The van der Waals surface area contributed by atoms with Gasteiger partial charge in [-0.1, -0.05) is 0 Å². The Morgan fingerprint density at radius 3 is 2.88 bits per heavy atom. The van der Waals surface area contributed by atoms with E-state index in [1.165, 1.54) is 4.90 Å². The average molecular weight is 338 g/mol. The maximum Gasteiger partial charge on any atom is 0.410 e. The van der Waals surface area contributed by atoms with E-state index in [1.54, 1.807) is 33.2 Å². The number of imidazole rings is 1. The summed E-state index contributed by atoms with van der Waals surface area (Å²) in [4.78, 5) is 32.6. The number of nitrogens with zero attached hydrogens (tertiary/aromatic N) is 2. The Labute approximate surface area is 141 Å². The Morgan fingerprint density at radius 1 is 1.50 bits per heavy atom. The van der Waals surface area contributed by atoms with Crippen LogP contribution in [0.1, 0.15) is 45.9 Å². The zero-order chi connectivity index (χ0) is 17.8. The minimum absolute atomic E-state index is 0.0625. The topological polar surface area (TPSA) is 108 Å². The van der Waals surface area contributed by atoms with Crippen molar-refractivity contribution >= 4 is 12.0 Å². The van der Waals surface area contributed by atoms with Crippen molar-refractivity contribution in [3.63, 3.8) is 0 Å². The van der Waals surface area contributed by atoms with E-state index in [1.807, 2.05) is 0 Å². The van der Waals surface area contributed by atoms with E-state index in [0.29, 0.717) is 25.2 Å². The van der Waals surface area contributed by atoms with Gasteiger partial charge in [0.1, 0.15) is 11.4 Å². The number of amides is 2. The zero-order valence-corrected chi connectivity index (χ0v) is 14.5. The van der Waals surface area contributed by atoms with Crippen molar-refractivity contribution in [1.29, 1.82) is 0 Å². The second kappa shape index (κ2) is 7.21. The Hall–Kier alpha value is -2.09. The molecule has 1 atom stereocenters. The van der Waals surface area contributed by atoms with E-state index in [-0.39, 0.29) is 25.4 Å². The van der Waals surface area contributed by atoms with Crippen LogP contribution in [-0.2, 0) is 16.1 Å². The molecule has 1 aromatic heterocycles. The van der Waals surface area contributed by atoms with Gasteiger partial charge in [0, 0.05) is 18.9 Å². The lowest BCUT2D eigenvalue weighted by atomic mass is 9.89. The van der Waals surface area contributed by atoms with E-state index in [2.05, 4.69) is 15.3 Å². The number of aromatic nitrogens is 2. The van der Waals surface area contributed by atoms with Crippen LogP contribution in [0.4, 0.5) is 4.79 Å². The first-order valence-corrected chi connectivity index (χ1v) is 8.12. The van der Waals surface area contributed by atoms with Gasteiger partial charge in [0.25, 0.3) is 0 Å². The fourth-order valence-corrected chi connectivity index (χ4v) is 2.68. The highest BCUT2D eigenvalue weighted by molar-refractivity contribution is 5.77. The van der Waals surface area contributed by atoms with Crippen molar-refractivity contribution in [2.24, 2.45) is 0 Å². The number of hydrogen-bond donors (Lipinski definition) is 3. The number of aliphatic hydroxyl groups is 1. The Bertz CT molecular complexity index is 567. The summed E-state index contributed by atoms with van der Waals surface area (Å²) in [7, 11) is 0. The molecule has 134 valence electrons. The molecule has 8 nitrogen and oxygen atoms in total. The maximum absolute atomic E-state index is 12.1. The number of carbonyl (C=O) groups excluding carboxylic acids is 2. The third-order valence-corrected chi connectivity index (χ3v) is 3.70. The molecular weight excluding hydrogens is 312 g/mol. The quantitative estimate of drug-likeness (QED) is 0.764. The van der Waals surface area contributed by atoms with E-state index in [9.17, 15) is 14.7 Å². The molecule has 0 radical (unpaired) electrons. The van der Waals surface area contributed by atoms with Crippen LogP contribution >= 0.6 is 0 Å². The lowest BCUT2D eigenvalue weighted by Crippen LogP contribution is -2.53. The molecule has 2 heterocycles. The van der Waals surface area contributed by atoms with Crippen LogP contribution in [0, 0.1) is 0 Å². The molecule has 0 bridgehead atoms. The van der Waals surface area contributed by atoms with Crippen molar-refractivity contribution in [3.8, 4) is 0 Å². The second-order valence-electron chi connectivity index (χ2n) is 7.22. The Balaban J connectivity index is 1.86. The van der Waals surface area contributed by atoms with Crippen molar-refractivity contribution in [1.82, 2.24) is 20.2 Å². The fraction of sp³-hybridized carbons (Fsp3) is 0.688. The molecule has 8 heteroatoms. The lowest BCUT2D eigenvalue weighted by Gasteiger charge is -2.39. The predicted molar refractivity (Wildman–Crippen MR) is 87.0 cm³/mol. The molecule has 0 saturated carbocycles. The Morgan fingerprint density at radius 2 is 2.25 bits per heavy atom. The minimum atomic E-state index is -1.23. The first kappa shape index (κ1) is 18.3. The highest BCUT2D eigenvalue weighted by Gasteiger charge is 2.38. The number of H-pyrrole nitrogens is 1. The van der Waals surface area contributed by atoms with Gasteiger partial charge in [0.2, 0.25) is 5.91 Å². The molecule has 24 heavy (non-hydrogen) atoms. The molecule has 1 aliphatic rings. The number of piperidine rings is 1. The second-order valence-corrected chi connectivity index (χ2v) is 7.22. The summed E-state index contributed by atoms with van der Waals surface area (Å²) in [6, 6.07) is 0. The molecule has 1 aromatic rings. The fourth-order valence-electron chi connectivity index (χ4n) is 2.68. The smallest absolute Gasteiger partial charge is 0.410 e. The van der Waals surface area contributed by atoms with Crippen LogP contribution in [0.5, 0.6) is 0 Å². The number of β-amino-alcohol motifs (C(OH)–C–C–N with tert-alkyl or cyclic N) is 1. The number of rotatable bonds is 4. The number of hydrogen-bond acceptors (Lipinski definition) is 5. The van der Waals surface area contributed by atoms with E-state index in [0.717, 1.165) is 0 Å². The van der Waals surface area contributed by atoms with Gasteiger partial charge in [-0.25, -0.2) is 9.78 Å². The van der Waals surface area contributed by atoms with Gasteiger partial charge >= 0.3 is 6.09 Å². The third kappa shape index (κ3) is 5.52. The maximum atomic E-state index is 12.1. The van der Waals surface area contributed by atoms with Gasteiger partial charge in [-0.15, -0.1) is 0 Å². The minimum Gasteiger partial charge on any atom is -0.444 e. The summed E-state index contributed by atoms with van der Waals surface area (Å²) in [5.74, 6) is 0.370. The van der Waals surface area contributed by atoms with E-state index < -0.39 is 17.3 Å². The van der Waals surface area contributed by atoms with Crippen molar-refractivity contribution < 1.29 is 19.4 Å². The molecule has 0 aliphatic carbocycles.